The summed E-state index contributed by atoms with van der Waals surface area (Å²) in [6.07, 6.45) is 0. The second-order valence-electron chi connectivity index (χ2n) is 8.33. The molecule has 1 aliphatic heterocycles. The lowest BCUT2D eigenvalue weighted by molar-refractivity contribution is -0.137. The molecule has 10 nitrogen and oxygen atoms in total. The molecule has 0 spiro atoms. The minimum Gasteiger partial charge on any atom is -0.497 e. The number of carbonyl (C=O) groups is 1. The molecule has 0 fully saturated rings. The third kappa shape index (κ3) is 5.93. The molecule has 0 radical (unpaired) electrons. The van der Waals surface area contributed by atoms with E-state index in [2.05, 4.69) is 0 Å². The summed E-state index contributed by atoms with van der Waals surface area (Å²) in [5.74, 6) is 0.585. The van der Waals surface area contributed by atoms with Crippen molar-refractivity contribution in [3.8, 4) is 17.2 Å². The topological polar surface area (TPSA) is 124 Å². The number of hydroxylamine groups is 1. The normalized spacial score (nSPS) is 14.2. The van der Waals surface area contributed by atoms with Gasteiger partial charge in [0.2, 0.25) is 16.8 Å². The van der Waals surface area contributed by atoms with Gasteiger partial charge in [-0.2, -0.15) is 4.31 Å². The Kier molecular flexibility index (Phi) is 7.48. The van der Waals surface area contributed by atoms with Crippen LogP contribution in [0.1, 0.15) is 26.3 Å². The number of sulfonamides is 1. The Morgan fingerprint density at radius 1 is 1.15 bits per heavy atom. The predicted octanol–water partition coefficient (Wildman–Crippen LogP) is 2.30. The molecular weight excluding hydrogens is 452 g/mol. The van der Waals surface area contributed by atoms with E-state index < -0.39 is 27.6 Å². The van der Waals surface area contributed by atoms with Crippen molar-refractivity contribution in [1.29, 1.82) is 0 Å². The maximum Gasteiger partial charge on any atom is 0.264 e. The molecule has 1 amide bonds. The molecule has 0 saturated heterocycles. The van der Waals surface area contributed by atoms with Crippen LogP contribution in [0.25, 0.3) is 0 Å². The summed E-state index contributed by atoms with van der Waals surface area (Å²) in [7, 11) is -2.73. The molecule has 1 aliphatic rings. The van der Waals surface area contributed by atoms with E-state index in [0.29, 0.717) is 22.8 Å². The van der Waals surface area contributed by atoms with E-state index in [-0.39, 0.29) is 24.8 Å². The van der Waals surface area contributed by atoms with Crippen LogP contribution in [0.4, 0.5) is 0 Å². The molecule has 1 atom stereocenters. The maximum absolute atomic E-state index is 13.7. The predicted molar refractivity (Wildman–Crippen MR) is 118 cm³/mol. The first-order valence-corrected chi connectivity index (χ1v) is 11.6. The van der Waals surface area contributed by atoms with Crippen LogP contribution in [0.5, 0.6) is 17.2 Å². The molecule has 2 N–H and O–H groups in total. The van der Waals surface area contributed by atoms with Crippen molar-refractivity contribution < 1.29 is 37.4 Å². The molecule has 2 aromatic rings. The van der Waals surface area contributed by atoms with E-state index in [1.165, 1.54) is 31.4 Å². The minimum atomic E-state index is -4.21. The smallest absolute Gasteiger partial charge is 0.264 e. The number of fused-ring (bicyclic) bond motifs is 1. The summed E-state index contributed by atoms with van der Waals surface area (Å²) in [6.45, 7) is 4.94. The minimum absolute atomic E-state index is 0.0458. The molecule has 3 rings (SSSR count). The molecule has 0 bridgehead atoms. The lowest BCUT2D eigenvalue weighted by atomic mass is 10.1. The quantitative estimate of drug-likeness (QED) is 0.414. The van der Waals surface area contributed by atoms with Crippen molar-refractivity contribution in [2.45, 2.75) is 43.9 Å². The molecule has 0 unspecified atom stereocenters. The number of hydrogen-bond donors (Lipinski definition) is 2. The van der Waals surface area contributed by atoms with E-state index in [1.807, 2.05) is 0 Å². The average Bonchev–Trinajstić information content (AvgIpc) is 3.25. The Bertz CT molecular complexity index is 1080. The highest BCUT2D eigenvalue weighted by Crippen LogP contribution is 2.34. The number of benzene rings is 2. The van der Waals surface area contributed by atoms with Gasteiger partial charge in [-0.15, -0.1) is 0 Å². The molecular formula is C22H28N2O8S. The Labute approximate surface area is 193 Å². The van der Waals surface area contributed by atoms with Gasteiger partial charge in [-0.1, -0.05) is 6.07 Å². The Hall–Kier alpha value is -2.86. The number of carbonyl (C=O) groups excluding carboxylic acids is 1. The molecule has 1 heterocycles. The standard InChI is InChI=1S/C22H28N2O8S/c1-22(2,3)32-13-18(21(25)23-26)24(12-15-5-10-19-20(11-15)31-14-30-19)33(27,28)17-8-6-16(29-4)7-9-17/h5-11,18,26H,12-14H2,1-4H3,(H,23,25)/t18-/m1/s1. The van der Waals surface area contributed by atoms with Crippen LogP contribution in [0, 0.1) is 0 Å². The summed E-state index contributed by atoms with van der Waals surface area (Å²) >= 11 is 0. The summed E-state index contributed by atoms with van der Waals surface area (Å²) < 4.78 is 49.9. The number of methoxy groups -OCH3 is 1. The van der Waals surface area contributed by atoms with Crippen LogP contribution in [-0.4, -0.2) is 56.0 Å². The Morgan fingerprint density at radius 3 is 2.42 bits per heavy atom. The van der Waals surface area contributed by atoms with Gasteiger partial charge in [0.05, 0.1) is 24.2 Å². The van der Waals surface area contributed by atoms with Crippen LogP contribution in [0.15, 0.2) is 47.4 Å². The van der Waals surface area contributed by atoms with Gasteiger partial charge in [0.15, 0.2) is 11.5 Å². The van der Waals surface area contributed by atoms with E-state index in [0.717, 1.165) is 4.31 Å². The van der Waals surface area contributed by atoms with Crippen molar-refractivity contribution >= 4 is 15.9 Å². The van der Waals surface area contributed by atoms with Crippen molar-refractivity contribution in [3.63, 3.8) is 0 Å². The summed E-state index contributed by atoms with van der Waals surface area (Å²) in [5, 5.41) is 9.35. The van der Waals surface area contributed by atoms with Crippen LogP contribution in [0.3, 0.4) is 0 Å². The Morgan fingerprint density at radius 2 is 1.82 bits per heavy atom. The van der Waals surface area contributed by atoms with Crippen LogP contribution >= 0.6 is 0 Å². The number of nitrogens with one attached hydrogen (secondary N) is 1. The molecule has 0 aromatic heterocycles. The third-order valence-corrected chi connectivity index (χ3v) is 6.75. The van der Waals surface area contributed by atoms with Gasteiger partial charge in [-0.05, 0) is 62.7 Å². The van der Waals surface area contributed by atoms with E-state index in [9.17, 15) is 18.4 Å². The van der Waals surface area contributed by atoms with Gasteiger partial charge in [0.25, 0.3) is 5.91 Å². The van der Waals surface area contributed by atoms with Crippen molar-refractivity contribution in [2.75, 3.05) is 20.5 Å². The highest BCUT2D eigenvalue weighted by Gasteiger charge is 2.37. The zero-order valence-corrected chi connectivity index (χ0v) is 19.7. The zero-order chi connectivity index (χ0) is 24.2. The molecule has 0 saturated carbocycles. The van der Waals surface area contributed by atoms with Crippen molar-refractivity contribution in [3.05, 3.63) is 48.0 Å². The van der Waals surface area contributed by atoms with Gasteiger partial charge in [0.1, 0.15) is 11.8 Å². The van der Waals surface area contributed by atoms with Gasteiger partial charge in [-0.3, -0.25) is 10.0 Å². The highest BCUT2D eigenvalue weighted by atomic mass is 32.2. The fourth-order valence-corrected chi connectivity index (χ4v) is 4.72. The van der Waals surface area contributed by atoms with Gasteiger partial charge >= 0.3 is 0 Å². The fraction of sp³-hybridized carbons (Fsp3) is 0.409. The van der Waals surface area contributed by atoms with Crippen LogP contribution < -0.4 is 19.7 Å². The average molecular weight is 481 g/mol. The summed E-state index contributed by atoms with van der Waals surface area (Å²) in [6, 6.07) is 9.45. The fourth-order valence-electron chi connectivity index (χ4n) is 3.16. The van der Waals surface area contributed by atoms with Crippen LogP contribution in [-0.2, 0) is 26.1 Å². The number of nitrogens with zero attached hydrogens (tertiary/aromatic N) is 1. The second kappa shape index (κ2) is 9.96. The molecule has 11 heteroatoms. The monoisotopic (exact) mass is 480 g/mol. The maximum atomic E-state index is 13.7. The molecule has 33 heavy (non-hydrogen) atoms. The number of hydrogen-bond acceptors (Lipinski definition) is 8. The van der Waals surface area contributed by atoms with Gasteiger partial charge < -0.3 is 18.9 Å². The number of ether oxygens (including phenoxy) is 4. The van der Waals surface area contributed by atoms with Gasteiger partial charge in [-0.25, -0.2) is 13.9 Å². The summed E-state index contributed by atoms with van der Waals surface area (Å²) in [4.78, 5) is 12.6. The third-order valence-electron chi connectivity index (χ3n) is 4.88. The van der Waals surface area contributed by atoms with Crippen molar-refractivity contribution in [1.82, 2.24) is 9.79 Å². The second-order valence-corrected chi connectivity index (χ2v) is 10.2. The van der Waals surface area contributed by atoms with Crippen molar-refractivity contribution in [2.24, 2.45) is 0 Å². The molecule has 180 valence electrons. The lowest BCUT2D eigenvalue weighted by Gasteiger charge is -2.31. The molecule has 2 aromatic carbocycles. The number of amides is 1. The SMILES string of the molecule is COc1ccc(S(=O)(=O)N(Cc2ccc3c(c2)OCO3)[C@H](COC(C)(C)C)C(=O)NO)cc1. The first kappa shape index (κ1) is 24.8. The first-order chi connectivity index (χ1) is 15.5. The lowest BCUT2D eigenvalue weighted by Crippen LogP contribution is -2.51. The summed E-state index contributed by atoms with van der Waals surface area (Å²) in [5.41, 5.74) is 1.47. The molecule has 0 aliphatic carbocycles. The Balaban J connectivity index is 2.03. The largest absolute Gasteiger partial charge is 0.497 e. The van der Waals surface area contributed by atoms with E-state index in [1.54, 1.807) is 44.5 Å². The van der Waals surface area contributed by atoms with E-state index >= 15 is 0 Å². The number of rotatable bonds is 9. The zero-order valence-electron chi connectivity index (χ0n) is 18.9. The highest BCUT2D eigenvalue weighted by molar-refractivity contribution is 7.89. The van der Waals surface area contributed by atoms with E-state index in [4.69, 9.17) is 18.9 Å². The van der Waals surface area contributed by atoms with Gasteiger partial charge in [0, 0.05) is 6.54 Å². The first-order valence-electron chi connectivity index (χ1n) is 10.2. The van der Waals surface area contributed by atoms with Crippen LogP contribution in [0.2, 0.25) is 0 Å².